The number of hydrogen-bond acceptors (Lipinski definition) is 5. The maximum atomic E-state index is 6.44. The second-order valence-corrected chi connectivity index (χ2v) is 7.36. The highest BCUT2D eigenvalue weighted by Crippen LogP contribution is 2.48. The third-order valence-corrected chi connectivity index (χ3v) is 5.58. The van der Waals surface area contributed by atoms with E-state index in [-0.39, 0.29) is 12.3 Å². The molecule has 0 aromatic heterocycles. The minimum absolute atomic E-state index is 0.132. The maximum Gasteiger partial charge on any atom is 0.214 e. The number of ether oxygens (including phenoxy) is 3. The summed E-state index contributed by atoms with van der Waals surface area (Å²) in [4.78, 5) is 0. The van der Waals surface area contributed by atoms with Crippen LogP contribution in [0, 0.1) is 0 Å². The van der Waals surface area contributed by atoms with Crippen LogP contribution in [0.15, 0.2) is 77.9 Å². The van der Waals surface area contributed by atoms with Crippen molar-refractivity contribution in [3.63, 3.8) is 0 Å². The van der Waals surface area contributed by atoms with Gasteiger partial charge in [0.1, 0.15) is 5.75 Å². The molecule has 0 saturated heterocycles. The van der Waals surface area contributed by atoms with Gasteiger partial charge < -0.3 is 14.2 Å². The summed E-state index contributed by atoms with van der Waals surface area (Å²) in [7, 11) is 1.66. The number of hydrogen-bond donors (Lipinski definition) is 0. The van der Waals surface area contributed by atoms with Crippen LogP contribution in [-0.4, -0.2) is 24.4 Å². The van der Waals surface area contributed by atoms with E-state index in [4.69, 9.17) is 19.3 Å². The average Bonchev–Trinajstić information content (AvgIpc) is 3.25. The quantitative estimate of drug-likeness (QED) is 0.580. The molecule has 30 heavy (non-hydrogen) atoms. The Balaban J connectivity index is 1.57. The summed E-state index contributed by atoms with van der Waals surface area (Å²) >= 11 is 0. The SMILES string of the molecule is CCOc1ccc([C@@H]2Oc3ccccc3[C@H]3CC(c4ccccc4)=NN32)cc1OC. The van der Waals surface area contributed by atoms with Crippen LogP contribution in [0.5, 0.6) is 17.2 Å². The van der Waals surface area contributed by atoms with Crippen LogP contribution < -0.4 is 14.2 Å². The Morgan fingerprint density at radius 3 is 2.60 bits per heavy atom. The number of benzene rings is 3. The molecule has 0 saturated carbocycles. The van der Waals surface area contributed by atoms with Gasteiger partial charge >= 0.3 is 0 Å². The average molecular weight is 400 g/mol. The lowest BCUT2D eigenvalue weighted by molar-refractivity contribution is -0.0191. The lowest BCUT2D eigenvalue weighted by atomic mass is 9.96. The van der Waals surface area contributed by atoms with Crippen LogP contribution in [0.1, 0.15) is 42.3 Å². The number of rotatable bonds is 5. The minimum Gasteiger partial charge on any atom is -0.493 e. The number of hydrazone groups is 1. The van der Waals surface area contributed by atoms with E-state index in [9.17, 15) is 0 Å². The summed E-state index contributed by atoms with van der Waals surface area (Å²) in [6.45, 7) is 2.55. The molecule has 0 aliphatic carbocycles. The largest absolute Gasteiger partial charge is 0.493 e. The van der Waals surface area contributed by atoms with Crippen LogP contribution in [0.25, 0.3) is 0 Å². The Bertz CT molecular complexity index is 1080. The number of fused-ring (bicyclic) bond motifs is 3. The predicted molar refractivity (Wildman–Crippen MR) is 116 cm³/mol. The van der Waals surface area contributed by atoms with Crippen molar-refractivity contribution in [3.8, 4) is 17.2 Å². The molecular formula is C25H24N2O3. The van der Waals surface area contributed by atoms with Crippen LogP contribution in [0.2, 0.25) is 0 Å². The van der Waals surface area contributed by atoms with Gasteiger partial charge in [-0.2, -0.15) is 5.10 Å². The molecule has 2 heterocycles. The van der Waals surface area contributed by atoms with Gasteiger partial charge in [0.2, 0.25) is 6.23 Å². The number of nitrogens with zero attached hydrogens (tertiary/aromatic N) is 2. The Morgan fingerprint density at radius 2 is 1.80 bits per heavy atom. The van der Waals surface area contributed by atoms with E-state index in [1.807, 2.05) is 43.3 Å². The van der Waals surface area contributed by atoms with E-state index in [0.717, 1.165) is 34.8 Å². The zero-order chi connectivity index (χ0) is 20.5. The van der Waals surface area contributed by atoms with Gasteiger partial charge in [0.15, 0.2) is 11.5 Å². The van der Waals surface area contributed by atoms with Crippen molar-refractivity contribution in [1.29, 1.82) is 0 Å². The summed E-state index contributed by atoms with van der Waals surface area (Å²) in [6.07, 6.45) is 0.505. The molecule has 0 N–H and O–H groups in total. The highest BCUT2D eigenvalue weighted by Gasteiger charge is 2.41. The normalized spacial score (nSPS) is 19.4. The van der Waals surface area contributed by atoms with Gasteiger partial charge in [-0.05, 0) is 36.8 Å². The third kappa shape index (κ3) is 3.16. The molecule has 0 bridgehead atoms. The molecule has 5 rings (SSSR count). The topological polar surface area (TPSA) is 43.3 Å². The lowest BCUT2D eigenvalue weighted by Gasteiger charge is -2.38. The van der Waals surface area contributed by atoms with Crippen molar-refractivity contribution in [2.75, 3.05) is 13.7 Å². The first-order valence-corrected chi connectivity index (χ1v) is 10.3. The van der Waals surface area contributed by atoms with Crippen molar-refractivity contribution in [2.24, 2.45) is 5.10 Å². The van der Waals surface area contributed by atoms with Crippen LogP contribution >= 0.6 is 0 Å². The van der Waals surface area contributed by atoms with Gasteiger partial charge in [-0.1, -0.05) is 48.5 Å². The van der Waals surface area contributed by atoms with Crippen molar-refractivity contribution >= 4 is 5.71 Å². The molecule has 3 aromatic carbocycles. The van der Waals surface area contributed by atoms with Crippen LogP contribution in [0.4, 0.5) is 0 Å². The molecule has 0 radical (unpaired) electrons. The molecule has 3 aromatic rings. The summed E-state index contributed by atoms with van der Waals surface area (Å²) in [5.41, 5.74) is 4.37. The van der Waals surface area contributed by atoms with Crippen molar-refractivity contribution in [2.45, 2.75) is 25.6 Å². The van der Waals surface area contributed by atoms with Crippen molar-refractivity contribution in [3.05, 3.63) is 89.5 Å². The molecule has 2 atom stereocenters. The van der Waals surface area contributed by atoms with Gasteiger partial charge in [-0.3, -0.25) is 0 Å². The third-order valence-electron chi connectivity index (χ3n) is 5.58. The summed E-state index contributed by atoms with van der Waals surface area (Å²) < 4.78 is 17.7. The summed E-state index contributed by atoms with van der Waals surface area (Å²) in [5.74, 6) is 2.33. The fourth-order valence-electron chi connectivity index (χ4n) is 4.17. The van der Waals surface area contributed by atoms with E-state index in [1.165, 1.54) is 5.56 Å². The first-order valence-electron chi connectivity index (χ1n) is 10.3. The molecule has 2 aliphatic rings. The Morgan fingerprint density at radius 1 is 1.00 bits per heavy atom. The van der Waals surface area contributed by atoms with Gasteiger partial charge in [0, 0.05) is 17.5 Å². The number of para-hydroxylation sites is 1. The summed E-state index contributed by atoms with van der Waals surface area (Å²) in [6, 6.07) is 24.7. The molecule has 2 aliphatic heterocycles. The number of methoxy groups -OCH3 is 1. The molecule has 0 spiro atoms. The summed E-state index contributed by atoms with van der Waals surface area (Å²) in [5, 5.41) is 7.09. The van der Waals surface area contributed by atoms with Crippen LogP contribution in [-0.2, 0) is 0 Å². The van der Waals surface area contributed by atoms with Gasteiger partial charge in [-0.15, -0.1) is 0 Å². The highest BCUT2D eigenvalue weighted by atomic mass is 16.5. The minimum atomic E-state index is -0.337. The Hall–Kier alpha value is -3.47. The Labute approximate surface area is 176 Å². The molecule has 152 valence electrons. The molecular weight excluding hydrogens is 376 g/mol. The Kier molecular flexibility index (Phi) is 4.79. The fourth-order valence-corrected chi connectivity index (χ4v) is 4.17. The zero-order valence-electron chi connectivity index (χ0n) is 17.1. The van der Waals surface area contributed by atoms with E-state index in [0.29, 0.717) is 12.4 Å². The van der Waals surface area contributed by atoms with E-state index >= 15 is 0 Å². The second-order valence-electron chi connectivity index (χ2n) is 7.36. The van der Waals surface area contributed by atoms with Crippen molar-refractivity contribution < 1.29 is 14.2 Å². The van der Waals surface area contributed by atoms with Crippen molar-refractivity contribution in [1.82, 2.24) is 5.01 Å². The molecule has 0 unspecified atom stereocenters. The van der Waals surface area contributed by atoms with Gasteiger partial charge in [-0.25, -0.2) is 5.01 Å². The first kappa shape index (κ1) is 18.6. The predicted octanol–water partition coefficient (Wildman–Crippen LogP) is 5.34. The van der Waals surface area contributed by atoms with E-state index in [1.54, 1.807) is 7.11 Å². The smallest absolute Gasteiger partial charge is 0.214 e. The molecule has 0 amide bonds. The molecule has 0 fully saturated rings. The zero-order valence-corrected chi connectivity index (χ0v) is 17.1. The highest BCUT2D eigenvalue weighted by molar-refractivity contribution is 6.01. The van der Waals surface area contributed by atoms with E-state index in [2.05, 4.69) is 41.4 Å². The van der Waals surface area contributed by atoms with Gasteiger partial charge in [0.25, 0.3) is 0 Å². The fraction of sp³-hybridized carbons (Fsp3) is 0.240. The monoisotopic (exact) mass is 400 g/mol. The first-order chi connectivity index (χ1) is 14.8. The van der Waals surface area contributed by atoms with Gasteiger partial charge in [0.05, 0.1) is 25.5 Å². The lowest BCUT2D eigenvalue weighted by Crippen LogP contribution is -2.33. The molecule has 5 heteroatoms. The maximum absolute atomic E-state index is 6.44. The second kappa shape index (κ2) is 7.75. The van der Waals surface area contributed by atoms with Crippen LogP contribution in [0.3, 0.4) is 0 Å². The van der Waals surface area contributed by atoms with E-state index < -0.39 is 0 Å². The standard InChI is InChI=1S/C25H24N2O3/c1-3-29-23-14-13-18(15-24(23)28-2)25-27-21(19-11-7-8-12-22(19)30-25)16-20(26-27)17-9-5-4-6-10-17/h4-15,21,25H,3,16H2,1-2H3/t21-,25+/m1/s1. The molecule has 5 nitrogen and oxygen atoms in total.